The largest absolute Gasteiger partial charge is 0.374 e. The number of hydrogen-bond donors (Lipinski definition) is 1. The lowest BCUT2D eigenvalue weighted by atomic mass is 10.0. The molecular weight excluding hydrogens is 353 g/mol. The highest BCUT2D eigenvalue weighted by Crippen LogP contribution is 2.40. The topological polar surface area (TPSA) is 73.3 Å². The maximum absolute atomic E-state index is 13.6. The van der Waals surface area contributed by atoms with E-state index in [1.807, 2.05) is 6.07 Å². The number of benzene rings is 1. The van der Waals surface area contributed by atoms with E-state index in [1.165, 1.54) is 0 Å². The maximum Gasteiger partial charge on any atom is 0.330 e. The molecule has 0 spiro atoms. The van der Waals surface area contributed by atoms with Gasteiger partial charge >= 0.3 is 5.69 Å². The van der Waals surface area contributed by atoms with E-state index in [4.69, 9.17) is 9.47 Å². The Morgan fingerprint density at radius 1 is 1.31 bits per heavy atom. The molecule has 0 bridgehead atoms. The Balaban J connectivity index is 1.72. The van der Waals surface area contributed by atoms with Crippen LogP contribution in [-0.4, -0.2) is 28.2 Å². The second-order valence-electron chi connectivity index (χ2n) is 6.10. The molecule has 2 atom stereocenters. The summed E-state index contributed by atoms with van der Waals surface area (Å²) in [4.78, 5) is 24.7. The van der Waals surface area contributed by atoms with Crippen molar-refractivity contribution in [1.82, 2.24) is 9.55 Å². The Kier molecular flexibility index (Phi) is 5.28. The molecule has 0 radical (unpaired) electrons. The van der Waals surface area contributed by atoms with Crippen molar-refractivity contribution in [3.63, 3.8) is 0 Å². The molecule has 1 N–H and O–H groups in total. The van der Waals surface area contributed by atoms with Gasteiger partial charge in [-0.05, 0) is 18.4 Å². The number of nitrogens with zero attached hydrogens (tertiary/aromatic N) is 1. The van der Waals surface area contributed by atoms with Crippen molar-refractivity contribution in [2.45, 2.75) is 37.7 Å². The van der Waals surface area contributed by atoms with Crippen molar-refractivity contribution in [3.05, 3.63) is 68.7 Å². The Bertz CT molecular complexity index is 868. The molecule has 1 fully saturated rings. The van der Waals surface area contributed by atoms with E-state index >= 15 is 0 Å². The van der Waals surface area contributed by atoms with Crippen LogP contribution < -0.4 is 11.2 Å². The molecule has 1 aromatic heterocycles. The number of halogens is 3. The third-order valence-corrected chi connectivity index (χ3v) is 4.28. The van der Waals surface area contributed by atoms with Crippen LogP contribution in [-0.2, 0) is 16.1 Å². The lowest BCUT2D eigenvalue weighted by Gasteiger charge is -2.28. The van der Waals surface area contributed by atoms with Gasteiger partial charge in [-0.2, -0.15) is 4.39 Å². The van der Waals surface area contributed by atoms with Crippen molar-refractivity contribution in [2.75, 3.05) is 6.61 Å². The van der Waals surface area contributed by atoms with Crippen LogP contribution in [0.15, 0.2) is 46.1 Å². The van der Waals surface area contributed by atoms with Gasteiger partial charge in [0.25, 0.3) is 12.0 Å². The fourth-order valence-corrected chi connectivity index (χ4v) is 2.87. The highest BCUT2D eigenvalue weighted by molar-refractivity contribution is 5.13. The molecule has 26 heavy (non-hydrogen) atoms. The summed E-state index contributed by atoms with van der Waals surface area (Å²) in [7, 11) is 0. The van der Waals surface area contributed by atoms with Crippen LogP contribution in [0, 0.1) is 5.82 Å². The minimum Gasteiger partial charge on any atom is -0.374 e. The predicted molar refractivity (Wildman–Crippen MR) is 85.5 cm³/mol. The number of ether oxygens (including phenoxy) is 2. The summed E-state index contributed by atoms with van der Waals surface area (Å²) in [6, 6.07) is 9.05. The maximum atomic E-state index is 13.6. The number of H-pyrrole nitrogens is 1. The molecule has 2 aromatic rings. The summed E-state index contributed by atoms with van der Waals surface area (Å²) in [6.45, 7) is -0.243. The molecule has 0 amide bonds. The second kappa shape index (κ2) is 7.46. The van der Waals surface area contributed by atoms with E-state index in [0.29, 0.717) is 6.20 Å². The van der Waals surface area contributed by atoms with Crippen molar-refractivity contribution in [2.24, 2.45) is 0 Å². The highest BCUT2D eigenvalue weighted by Gasteiger charge is 2.49. The molecule has 2 heterocycles. The minimum atomic E-state index is -2.86. The van der Waals surface area contributed by atoms with Gasteiger partial charge in [0.2, 0.25) is 5.82 Å². The summed E-state index contributed by atoms with van der Waals surface area (Å²) in [5, 5.41) is 0. The average molecular weight is 370 g/mol. The zero-order valence-electron chi connectivity index (χ0n) is 13.7. The van der Waals surface area contributed by atoms with E-state index in [0.717, 1.165) is 10.1 Å². The molecule has 0 saturated carbocycles. The number of nitrogens with one attached hydrogen (secondary N) is 1. The average Bonchev–Trinajstić information content (AvgIpc) is 3.05. The number of hydrogen-bond acceptors (Lipinski definition) is 4. The van der Waals surface area contributed by atoms with Crippen molar-refractivity contribution < 1.29 is 22.6 Å². The first kappa shape index (κ1) is 18.4. The van der Waals surface area contributed by atoms with Gasteiger partial charge in [-0.1, -0.05) is 30.3 Å². The molecule has 1 aliphatic rings. The highest BCUT2D eigenvalue weighted by atomic mass is 19.3. The summed E-state index contributed by atoms with van der Waals surface area (Å²) in [5.41, 5.74) is -3.16. The summed E-state index contributed by atoms with van der Waals surface area (Å²) in [6.07, 6.45) is -3.31. The van der Waals surface area contributed by atoms with Gasteiger partial charge in [0.05, 0.1) is 19.4 Å². The van der Waals surface area contributed by atoms with Crippen LogP contribution in [0.2, 0.25) is 0 Å². The minimum absolute atomic E-state index is 0.0599. The molecule has 9 heteroatoms. The van der Waals surface area contributed by atoms with E-state index in [1.54, 1.807) is 29.2 Å². The monoisotopic (exact) mass is 370 g/mol. The van der Waals surface area contributed by atoms with Gasteiger partial charge in [-0.25, -0.2) is 13.6 Å². The first-order valence-electron chi connectivity index (χ1n) is 8.00. The van der Waals surface area contributed by atoms with Gasteiger partial charge in [-0.3, -0.25) is 14.3 Å². The first-order chi connectivity index (χ1) is 12.4. The first-order valence-corrected chi connectivity index (χ1v) is 8.00. The van der Waals surface area contributed by atoms with E-state index in [2.05, 4.69) is 0 Å². The molecule has 1 aromatic carbocycles. The fraction of sp³-hybridized carbons (Fsp3) is 0.412. The SMILES string of the molecule is O=c1[nH]c(=O)n([C@@H]2CC[C@](COCc3ccccc3)(C(F)F)O2)cc1F. The van der Waals surface area contributed by atoms with Crippen LogP contribution in [0.1, 0.15) is 24.6 Å². The van der Waals surface area contributed by atoms with E-state index < -0.39 is 35.3 Å². The quantitative estimate of drug-likeness (QED) is 0.846. The van der Waals surface area contributed by atoms with Crippen LogP contribution in [0.25, 0.3) is 0 Å². The molecule has 0 unspecified atom stereocenters. The number of aromatic nitrogens is 2. The Labute approximate surface area is 146 Å². The Morgan fingerprint density at radius 3 is 2.73 bits per heavy atom. The summed E-state index contributed by atoms with van der Waals surface area (Å²) >= 11 is 0. The Morgan fingerprint density at radius 2 is 2.04 bits per heavy atom. The fourth-order valence-electron chi connectivity index (χ4n) is 2.87. The zero-order valence-corrected chi connectivity index (χ0v) is 13.7. The van der Waals surface area contributed by atoms with Gasteiger partial charge in [0, 0.05) is 0 Å². The lowest BCUT2D eigenvalue weighted by molar-refractivity contribution is -0.181. The van der Waals surface area contributed by atoms with Crippen LogP contribution in [0.5, 0.6) is 0 Å². The number of aromatic amines is 1. The molecule has 6 nitrogen and oxygen atoms in total. The molecule has 3 rings (SSSR count). The predicted octanol–water partition coefficient (Wildman–Crippen LogP) is 2.21. The van der Waals surface area contributed by atoms with Gasteiger partial charge in [0.15, 0.2) is 5.60 Å². The lowest BCUT2D eigenvalue weighted by Crippen LogP contribution is -2.43. The van der Waals surface area contributed by atoms with E-state index in [9.17, 15) is 22.8 Å². The van der Waals surface area contributed by atoms with Crippen molar-refractivity contribution >= 4 is 0 Å². The van der Waals surface area contributed by atoms with Gasteiger partial charge in [0.1, 0.15) is 6.23 Å². The standard InChI is InChI=1S/C17H17F3N2O4/c18-12-8-22(16(24)21-14(12)23)13-6-7-17(26-13,15(19)20)10-25-9-11-4-2-1-3-5-11/h1-5,8,13,15H,6-7,9-10H2,(H,21,23,24)/t13-,17-/m0/s1. The van der Waals surface area contributed by atoms with E-state index in [-0.39, 0.29) is 26.1 Å². The van der Waals surface area contributed by atoms with Crippen molar-refractivity contribution in [3.8, 4) is 0 Å². The van der Waals surface area contributed by atoms with Gasteiger partial charge in [-0.15, -0.1) is 0 Å². The third-order valence-electron chi connectivity index (χ3n) is 4.28. The summed E-state index contributed by atoms with van der Waals surface area (Å²) < 4.78 is 52.3. The molecule has 1 saturated heterocycles. The second-order valence-corrected chi connectivity index (χ2v) is 6.10. The molecular formula is C17H17F3N2O4. The number of rotatable bonds is 6. The summed E-state index contributed by atoms with van der Waals surface area (Å²) in [5.74, 6) is -1.19. The van der Waals surface area contributed by atoms with Gasteiger partial charge < -0.3 is 9.47 Å². The van der Waals surface area contributed by atoms with Crippen LogP contribution >= 0.6 is 0 Å². The molecule has 0 aliphatic carbocycles. The Hall–Kier alpha value is -2.39. The van der Waals surface area contributed by atoms with Crippen LogP contribution in [0.3, 0.4) is 0 Å². The molecule has 1 aliphatic heterocycles. The normalized spacial score (nSPS) is 22.8. The third kappa shape index (κ3) is 3.73. The van der Waals surface area contributed by atoms with Crippen molar-refractivity contribution in [1.29, 1.82) is 0 Å². The number of alkyl halides is 2. The van der Waals surface area contributed by atoms with Crippen LogP contribution in [0.4, 0.5) is 13.2 Å². The zero-order chi connectivity index (χ0) is 18.7. The smallest absolute Gasteiger partial charge is 0.330 e. The molecule has 140 valence electrons.